The highest BCUT2D eigenvalue weighted by Crippen LogP contribution is 2.36. The zero-order valence-corrected chi connectivity index (χ0v) is 18.6. The normalized spacial score (nSPS) is 20.2. The zero-order chi connectivity index (χ0) is 21.5. The van der Waals surface area contributed by atoms with Crippen LogP contribution in [-0.4, -0.2) is 44.9 Å². The van der Waals surface area contributed by atoms with Gasteiger partial charge in [0.2, 0.25) is 15.9 Å². The number of sulfonamides is 1. The van der Waals surface area contributed by atoms with Crippen LogP contribution in [0, 0.1) is 5.92 Å². The van der Waals surface area contributed by atoms with Crippen LogP contribution in [0.5, 0.6) is 5.75 Å². The molecular formula is C22H25ClN2O4S. The number of ether oxygens (including phenoxy) is 1. The summed E-state index contributed by atoms with van der Waals surface area (Å²) in [6.45, 7) is 2.64. The molecule has 2 heterocycles. The van der Waals surface area contributed by atoms with Crippen molar-refractivity contribution in [3.63, 3.8) is 0 Å². The predicted octanol–water partition coefficient (Wildman–Crippen LogP) is 3.73. The SMILES string of the molecule is COc1ccc(Cl)cc1S(=O)(=O)N1CCC(C(=O)N2c3ccccc3CC2C)CC1. The molecule has 0 N–H and O–H groups in total. The van der Waals surface area contributed by atoms with E-state index in [-0.39, 0.29) is 41.6 Å². The third-order valence-electron chi connectivity index (χ3n) is 5.99. The minimum absolute atomic E-state index is 0.0596. The molecule has 0 aromatic heterocycles. The fourth-order valence-corrected chi connectivity index (χ4v) is 6.32. The summed E-state index contributed by atoms with van der Waals surface area (Å²) in [6, 6.07) is 12.7. The molecule has 1 amide bonds. The molecule has 8 heteroatoms. The van der Waals surface area contributed by atoms with Crippen LogP contribution in [0.2, 0.25) is 5.02 Å². The van der Waals surface area contributed by atoms with E-state index in [1.54, 1.807) is 12.1 Å². The first-order valence-corrected chi connectivity index (χ1v) is 11.9. The monoisotopic (exact) mass is 448 g/mol. The van der Waals surface area contributed by atoms with Crippen molar-refractivity contribution in [2.45, 2.75) is 37.1 Å². The number of para-hydroxylation sites is 1. The van der Waals surface area contributed by atoms with Crippen molar-refractivity contribution in [3.8, 4) is 5.75 Å². The van der Waals surface area contributed by atoms with Crippen LogP contribution in [0.4, 0.5) is 5.69 Å². The van der Waals surface area contributed by atoms with Gasteiger partial charge in [0.1, 0.15) is 10.6 Å². The summed E-state index contributed by atoms with van der Waals surface area (Å²) in [6.07, 6.45) is 1.84. The van der Waals surface area contributed by atoms with E-state index >= 15 is 0 Å². The largest absolute Gasteiger partial charge is 0.495 e. The number of carbonyl (C=O) groups is 1. The van der Waals surface area contributed by atoms with Gasteiger partial charge in [-0.3, -0.25) is 4.79 Å². The van der Waals surface area contributed by atoms with Crippen molar-refractivity contribution in [3.05, 3.63) is 53.1 Å². The summed E-state index contributed by atoms with van der Waals surface area (Å²) in [4.78, 5) is 15.2. The molecule has 6 nitrogen and oxygen atoms in total. The van der Waals surface area contributed by atoms with Crippen molar-refractivity contribution in [1.82, 2.24) is 4.31 Å². The van der Waals surface area contributed by atoms with Gasteiger partial charge in [-0.15, -0.1) is 0 Å². The second-order valence-electron chi connectivity index (χ2n) is 7.86. The van der Waals surface area contributed by atoms with Crippen molar-refractivity contribution in [2.24, 2.45) is 5.92 Å². The number of amides is 1. The molecule has 0 spiro atoms. The summed E-state index contributed by atoms with van der Waals surface area (Å²) < 4.78 is 33.0. The standard InChI is InChI=1S/C22H25ClN2O4S/c1-15-13-17-5-3-4-6-19(17)25(15)22(26)16-9-11-24(12-10-16)30(27,28)21-14-18(23)7-8-20(21)29-2/h3-8,14-16H,9-13H2,1-2H3. The third-order valence-corrected chi connectivity index (χ3v) is 8.15. The number of hydrogen-bond donors (Lipinski definition) is 0. The molecule has 30 heavy (non-hydrogen) atoms. The molecule has 0 bridgehead atoms. The predicted molar refractivity (Wildman–Crippen MR) is 117 cm³/mol. The fourth-order valence-electron chi connectivity index (χ4n) is 4.43. The molecule has 0 saturated carbocycles. The summed E-state index contributed by atoms with van der Waals surface area (Å²) in [7, 11) is -2.32. The smallest absolute Gasteiger partial charge is 0.246 e. The molecular weight excluding hydrogens is 424 g/mol. The molecule has 1 fully saturated rings. The number of carbonyl (C=O) groups excluding carboxylic acids is 1. The first kappa shape index (κ1) is 21.2. The Labute approximate surface area is 182 Å². The van der Waals surface area contributed by atoms with Gasteiger partial charge in [-0.05, 0) is 56.0 Å². The molecule has 1 unspecified atom stereocenters. The Morgan fingerprint density at radius 2 is 1.83 bits per heavy atom. The topological polar surface area (TPSA) is 66.9 Å². The summed E-state index contributed by atoms with van der Waals surface area (Å²) in [5, 5.41) is 0.334. The number of nitrogens with zero attached hydrogens (tertiary/aromatic N) is 2. The average molecular weight is 449 g/mol. The highest BCUT2D eigenvalue weighted by Gasteiger charge is 2.38. The highest BCUT2D eigenvalue weighted by molar-refractivity contribution is 7.89. The second-order valence-corrected chi connectivity index (χ2v) is 10.2. The van der Waals surface area contributed by atoms with E-state index in [1.807, 2.05) is 23.1 Å². The maximum atomic E-state index is 13.3. The number of piperidine rings is 1. The van der Waals surface area contributed by atoms with Crippen molar-refractivity contribution >= 4 is 33.2 Å². The summed E-state index contributed by atoms with van der Waals surface area (Å²) in [5.41, 5.74) is 2.17. The Hall–Kier alpha value is -2.09. The van der Waals surface area contributed by atoms with Crippen molar-refractivity contribution < 1.29 is 17.9 Å². The highest BCUT2D eigenvalue weighted by atomic mass is 35.5. The Kier molecular flexibility index (Phi) is 5.79. The van der Waals surface area contributed by atoms with Crippen LogP contribution in [0.3, 0.4) is 0 Å². The maximum absolute atomic E-state index is 13.3. The van der Waals surface area contributed by atoms with Crippen LogP contribution < -0.4 is 9.64 Å². The van der Waals surface area contributed by atoms with Crippen LogP contribution in [-0.2, 0) is 21.2 Å². The zero-order valence-electron chi connectivity index (χ0n) is 17.0. The summed E-state index contributed by atoms with van der Waals surface area (Å²) >= 11 is 6.02. The Bertz CT molecular complexity index is 1060. The van der Waals surface area contributed by atoms with Crippen molar-refractivity contribution in [1.29, 1.82) is 0 Å². The van der Waals surface area contributed by atoms with Gasteiger partial charge in [0, 0.05) is 35.8 Å². The molecule has 2 aliphatic rings. The van der Waals surface area contributed by atoms with Crippen LogP contribution in [0.15, 0.2) is 47.4 Å². The van der Waals surface area contributed by atoms with Gasteiger partial charge >= 0.3 is 0 Å². The van der Waals surface area contributed by atoms with Gasteiger partial charge in [0.05, 0.1) is 7.11 Å². The maximum Gasteiger partial charge on any atom is 0.246 e. The van der Waals surface area contributed by atoms with Crippen LogP contribution in [0.25, 0.3) is 0 Å². The number of benzene rings is 2. The molecule has 4 rings (SSSR count). The lowest BCUT2D eigenvalue weighted by Crippen LogP contribution is -2.46. The first-order valence-electron chi connectivity index (χ1n) is 10.1. The van der Waals surface area contributed by atoms with E-state index < -0.39 is 10.0 Å². The molecule has 1 saturated heterocycles. The molecule has 2 aliphatic heterocycles. The number of hydrogen-bond acceptors (Lipinski definition) is 4. The van der Waals surface area contributed by atoms with E-state index in [9.17, 15) is 13.2 Å². The molecule has 2 aromatic carbocycles. The Morgan fingerprint density at radius 1 is 1.13 bits per heavy atom. The Morgan fingerprint density at radius 3 is 2.53 bits per heavy atom. The molecule has 160 valence electrons. The minimum Gasteiger partial charge on any atom is -0.495 e. The van der Waals surface area contributed by atoms with Crippen LogP contribution >= 0.6 is 11.6 Å². The first-order chi connectivity index (χ1) is 14.3. The van der Waals surface area contributed by atoms with E-state index in [0.717, 1.165) is 12.1 Å². The van der Waals surface area contributed by atoms with E-state index in [2.05, 4.69) is 13.0 Å². The number of anilines is 1. The number of halogens is 1. The van der Waals surface area contributed by atoms with Gasteiger partial charge in [0.25, 0.3) is 0 Å². The quantitative estimate of drug-likeness (QED) is 0.714. The number of methoxy groups -OCH3 is 1. The van der Waals surface area contributed by atoms with Gasteiger partial charge in [-0.1, -0.05) is 29.8 Å². The second kappa shape index (κ2) is 8.21. The van der Waals surface area contributed by atoms with Gasteiger partial charge in [-0.2, -0.15) is 4.31 Å². The lowest BCUT2D eigenvalue weighted by Gasteiger charge is -2.34. The van der Waals surface area contributed by atoms with E-state index in [1.165, 1.54) is 23.0 Å². The molecule has 1 atom stereocenters. The molecule has 0 radical (unpaired) electrons. The fraction of sp³-hybridized carbons (Fsp3) is 0.409. The van der Waals surface area contributed by atoms with E-state index in [4.69, 9.17) is 16.3 Å². The van der Waals surface area contributed by atoms with Gasteiger partial charge in [-0.25, -0.2) is 8.42 Å². The van der Waals surface area contributed by atoms with Crippen molar-refractivity contribution in [2.75, 3.05) is 25.1 Å². The molecule has 2 aromatic rings. The Balaban J connectivity index is 1.49. The number of rotatable bonds is 4. The van der Waals surface area contributed by atoms with Crippen LogP contribution in [0.1, 0.15) is 25.3 Å². The van der Waals surface area contributed by atoms with E-state index in [0.29, 0.717) is 17.9 Å². The summed E-state index contributed by atoms with van der Waals surface area (Å²) in [5.74, 6) is 0.163. The lowest BCUT2D eigenvalue weighted by atomic mass is 9.96. The number of fused-ring (bicyclic) bond motifs is 1. The third kappa shape index (κ3) is 3.70. The van der Waals surface area contributed by atoms with Gasteiger partial charge < -0.3 is 9.64 Å². The lowest BCUT2D eigenvalue weighted by molar-refractivity contribution is -0.123. The molecule has 0 aliphatic carbocycles. The van der Waals surface area contributed by atoms with Gasteiger partial charge in [0.15, 0.2) is 0 Å². The average Bonchev–Trinajstić information content (AvgIpc) is 3.09. The minimum atomic E-state index is -3.76.